The van der Waals surface area contributed by atoms with Crippen LogP contribution >= 0.6 is 25.8 Å². The average molecular weight is 713 g/mol. The normalized spacial score (nSPS) is 29.5. The van der Waals surface area contributed by atoms with E-state index in [2.05, 4.69) is 42.2 Å². The Morgan fingerprint density at radius 1 is 0.978 bits per heavy atom. The fourth-order valence-corrected chi connectivity index (χ4v) is 8.06. The van der Waals surface area contributed by atoms with Gasteiger partial charge < -0.3 is 34.0 Å². The van der Waals surface area contributed by atoms with Gasteiger partial charge in [-0.05, 0) is 18.2 Å². The number of ether oxygens (including phenoxy) is 2. The first-order chi connectivity index (χ1) is 21.9. The number of nitrogens with zero attached hydrogens (tertiary/aromatic N) is 9. The Morgan fingerprint density at radius 3 is 2.50 bits per heavy atom. The molecule has 0 amide bonds. The molecule has 0 radical (unpaired) electrons. The van der Waals surface area contributed by atoms with Gasteiger partial charge in [0.15, 0.2) is 28.3 Å². The number of anilines is 1. The molecule has 5 aromatic heterocycles. The van der Waals surface area contributed by atoms with E-state index in [0.29, 0.717) is 34.4 Å². The third-order valence-electron chi connectivity index (χ3n) is 8.08. The van der Waals surface area contributed by atoms with Crippen LogP contribution in [-0.4, -0.2) is 84.8 Å². The van der Waals surface area contributed by atoms with Crippen LogP contribution in [0.25, 0.3) is 28.0 Å². The lowest BCUT2D eigenvalue weighted by molar-refractivity contribution is -0.0430. The van der Waals surface area contributed by atoms with E-state index in [4.69, 9.17) is 40.6 Å². The summed E-state index contributed by atoms with van der Waals surface area (Å²) in [6.07, 6.45) is 6.83. The van der Waals surface area contributed by atoms with Crippen molar-refractivity contribution in [2.45, 2.75) is 51.0 Å². The van der Waals surface area contributed by atoms with E-state index in [1.54, 1.807) is 40.9 Å². The summed E-state index contributed by atoms with van der Waals surface area (Å²) in [5, 5.41) is 0. The molecular weight excluding hydrogens is 682 g/mol. The Kier molecular flexibility index (Phi) is 8.42. The van der Waals surface area contributed by atoms with Crippen molar-refractivity contribution in [1.82, 2.24) is 43.4 Å². The SMILES string of the molecule is C[C@@H]1[C@H](OP(O)(=S)OC[C@@H]2C[C@@H](C)[C@H](n3cnc4c3ncn3ccnc43)O2)[C@@H](COP(=O)(O)S)O[C@H]1n1cnc2c(N)ncnc21. The molecule has 9 atom stereocenters. The lowest BCUT2D eigenvalue weighted by atomic mass is 10.0. The lowest BCUT2D eigenvalue weighted by Crippen LogP contribution is -2.32. The predicted octanol–water partition coefficient (Wildman–Crippen LogP) is 2.62. The van der Waals surface area contributed by atoms with Crippen molar-refractivity contribution >= 4 is 71.4 Å². The molecule has 2 fully saturated rings. The Labute approximate surface area is 271 Å². The molecular formula is C24H30N10O8P2S2. The summed E-state index contributed by atoms with van der Waals surface area (Å²) < 4.78 is 46.4. The minimum Gasteiger partial charge on any atom is -0.382 e. The van der Waals surface area contributed by atoms with Gasteiger partial charge in [0, 0.05) is 24.2 Å². The van der Waals surface area contributed by atoms with Gasteiger partial charge in [-0.1, -0.05) is 26.1 Å². The molecule has 0 aliphatic carbocycles. The van der Waals surface area contributed by atoms with Crippen LogP contribution in [0.15, 0.2) is 37.7 Å². The van der Waals surface area contributed by atoms with Crippen molar-refractivity contribution < 1.29 is 37.4 Å². The van der Waals surface area contributed by atoms with Crippen LogP contribution in [0.1, 0.15) is 32.7 Å². The van der Waals surface area contributed by atoms with Crippen molar-refractivity contribution in [1.29, 1.82) is 0 Å². The predicted molar refractivity (Wildman–Crippen MR) is 169 cm³/mol. The number of hydrogen-bond donors (Lipinski definition) is 4. The second-order valence-corrected chi connectivity index (χ2v) is 16.8. The highest BCUT2D eigenvalue weighted by atomic mass is 32.7. The monoisotopic (exact) mass is 712 g/mol. The zero-order valence-corrected chi connectivity index (χ0v) is 27.8. The zero-order chi connectivity index (χ0) is 32.4. The maximum atomic E-state index is 11.8. The van der Waals surface area contributed by atoms with Gasteiger partial charge in [-0.25, -0.2) is 34.5 Å². The fraction of sp³-hybridized carbons (Fsp3) is 0.500. The van der Waals surface area contributed by atoms with E-state index in [1.807, 2.05) is 11.5 Å². The summed E-state index contributed by atoms with van der Waals surface area (Å²) >= 11 is 9.00. The molecule has 7 heterocycles. The van der Waals surface area contributed by atoms with Crippen LogP contribution in [0.3, 0.4) is 0 Å². The molecule has 18 nitrogen and oxygen atoms in total. The average Bonchev–Trinajstić information content (AvgIpc) is 3.82. The first kappa shape index (κ1) is 32.0. The smallest absolute Gasteiger partial charge is 0.382 e. The van der Waals surface area contributed by atoms with Crippen molar-refractivity contribution in [2.75, 3.05) is 18.9 Å². The lowest BCUT2D eigenvalue weighted by Gasteiger charge is -2.27. The molecule has 2 unspecified atom stereocenters. The number of nitrogens with two attached hydrogens (primary N) is 1. The highest BCUT2D eigenvalue weighted by molar-refractivity contribution is 8.44. The molecule has 5 aromatic rings. The van der Waals surface area contributed by atoms with Gasteiger partial charge in [-0.2, -0.15) is 0 Å². The number of hydrogen-bond acceptors (Lipinski definition) is 14. The standard InChI is InChI=1S/C24H30N10O8P2S2/c1-12-5-14(40-23(12)33-11-30-17-20-26-3-4-32(20)9-31-22(17)33)6-39-44(37,46)42-18-13(2)24(41-15(18)7-38-43(35,36)45)34-10-29-16-19(25)27-8-28-21(16)34/h3-4,8-15,18,23-24H,5-7H2,1-2H3,(H,37,46)(H2,25,27,28)(H2,35,36,45)/t12-,13-,14+,15-,18+,23-,24-,44?/m1/s1. The molecule has 0 aromatic carbocycles. The number of aromatic nitrogens is 9. The summed E-state index contributed by atoms with van der Waals surface area (Å²) in [5.74, 6) is -0.241. The maximum Gasteiger partial charge on any atom is 0.383 e. The maximum absolute atomic E-state index is 11.8. The molecule has 246 valence electrons. The molecule has 46 heavy (non-hydrogen) atoms. The zero-order valence-electron chi connectivity index (χ0n) is 24.3. The van der Waals surface area contributed by atoms with Gasteiger partial charge in [0.05, 0.1) is 32.0 Å². The van der Waals surface area contributed by atoms with E-state index < -0.39 is 44.0 Å². The molecule has 0 saturated carbocycles. The van der Waals surface area contributed by atoms with Gasteiger partial charge in [-0.3, -0.25) is 18.1 Å². The van der Waals surface area contributed by atoms with Crippen LogP contribution in [0.2, 0.25) is 0 Å². The van der Waals surface area contributed by atoms with Crippen LogP contribution in [-0.2, 0) is 39.4 Å². The van der Waals surface area contributed by atoms with Crippen LogP contribution in [0.4, 0.5) is 5.82 Å². The Hall–Kier alpha value is -2.61. The van der Waals surface area contributed by atoms with Gasteiger partial charge in [0.25, 0.3) is 0 Å². The quantitative estimate of drug-likeness (QED) is 0.121. The largest absolute Gasteiger partial charge is 0.383 e. The molecule has 7 rings (SSSR count). The van der Waals surface area contributed by atoms with Gasteiger partial charge >= 0.3 is 13.5 Å². The molecule has 4 N–H and O–H groups in total. The summed E-state index contributed by atoms with van der Waals surface area (Å²) in [6.45, 7) is -4.65. The van der Waals surface area contributed by atoms with E-state index in [1.165, 1.54) is 12.7 Å². The fourth-order valence-electron chi connectivity index (χ4n) is 5.98. The van der Waals surface area contributed by atoms with E-state index in [-0.39, 0.29) is 31.2 Å². The van der Waals surface area contributed by atoms with E-state index in [9.17, 15) is 14.4 Å². The Morgan fingerprint density at radius 2 is 1.72 bits per heavy atom. The summed E-state index contributed by atoms with van der Waals surface area (Å²) in [5.41, 5.74) is 8.71. The highest BCUT2D eigenvalue weighted by Crippen LogP contribution is 2.53. The third-order valence-corrected chi connectivity index (χ3v) is 10.5. The van der Waals surface area contributed by atoms with E-state index >= 15 is 0 Å². The molecule has 2 aliphatic rings. The molecule has 0 bridgehead atoms. The van der Waals surface area contributed by atoms with Crippen molar-refractivity contribution in [3.05, 3.63) is 37.7 Å². The molecule has 22 heteroatoms. The number of imidazole rings is 3. The second kappa shape index (κ2) is 12.1. The van der Waals surface area contributed by atoms with Crippen molar-refractivity contribution in [3.8, 4) is 0 Å². The topological polar surface area (TPSA) is 221 Å². The Bertz CT molecular complexity index is 2000. The number of fused-ring (bicyclic) bond motifs is 4. The first-order valence-corrected chi connectivity index (χ1v) is 19.4. The number of thiol groups is 1. The number of rotatable bonds is 10. The summed E-state index contributed by atoms with van der Waals surface area (Å²) in [4.78, 5) is 46.7. The van der Waals surface area contributed by atoms with Crippen LogP contribution < -0.4 is 5.73 Å². The van der Waals surface area contributed by atoms with Crippen LogP contribution in [0.5, 0.6) is 0 Å². The van der Waals surface area contributed by atoms with Gasteiger partial charge in [0.1, 0.15) is 42.8 Å². The molecule has 0 spiro atoms. The summed E-state index contributed by atoms with van der Waals surface area (Å²) in [7, 11) is 0. The third kappa shape index (κ3) is 6.08. The molecule has 2 aliphatic heterocycles. The molecule has 2 saturated heterocycles. The second-order valence-electron chi connectivity index (χ2n) is 11.2. The minimum atomic E-state index is -4.17. The Balaban J connectivity index is 1.05. The minimum absolute atomic E-state index is 0.0451. The van der Waals surface area contributed by atoms with E-state index in [0.717, 1.165) is 0 Å². The van der Waals surface area contributed by atoms with Gasteiger partial charge in [0.2, 0.25) is 0 Å². The van der Waals surface area contributed by atoms with Crippen LogP contribution in [0, 0.1) is 11.8 Å². The highest BCUT2D eigenvalue weighted by Gasteiger charge is 2.47. The summed E-state index contributed by atoms with van der Waals surface area (Å²) in [6, 6.07) is 0. The van der Waals surface area contributed by atoms with Gasteiger partial charge in [-0.15, -0.1) is 0 Å². The number of nitrogen functional groups attached to an aromatic ring is 1. The van der Waals surface area contributed by atoms with Crippen molar-refractivity contribution in [3.63, 3.8) is 0 Å². The van der Waals surface area contributed by atoms with Crippen molar-refractivity contribution in [2.24, 2.45) is 11.8 Å². The first-order valence-electron chi connectivity index (χ1n) is 14.1.